The molecule has 0 amide bonds. The van der Waals surface area contributed by atoms with Gasteiger partial charge in [0.25, 0.3) is 0 Å². The summed E-state index contributed by atoms with van der Waals surface area (Å²) in [5, 5.41) is 3.11. The summed E-state index contributed by atoms with van der Waals surface area (Å²) in [7, 11) is -10.9. The van der Waals surface area contributed by atoms with Gasteiger partial charge in [0.05, 0.1) is 0 Å². The molecule has 11 heteroatoms. The maximum Gasteiger partial charge on any atom is 2.00 e. The van der Waals surface area contributed by atoms with Crippen molar-refractivity contribution in [3.8, 4) is 0 Å². The summed E-state index contributed by atoms with van der Waals surface area (Å²) in [6.07, 6.45) is 16.6. The topological polar surface area (TPSA) is 39.8 Å². The van der Waals surface area contributed by atoms with E-state index in [0.29, 0.717) is 0 Å². The van der Waals surface area contributed by atoms with E-state index >= 15 is 0 Å². The van der Waals surface area contributed by atoms with Crippen LogP contribution in [0.25, 0.3) is 0 Å². The number of fused-ring (bicyclic) bond motifs is 1. The van der Waals surface area contributed by atoms with Crippen LogP contribution in [0, 0.1) is 75.0 Å². The molecule has 3 fully saturated rings. The van der Waals surface area contributed by atoms with Crippen molar-refractivity contribution in [1.82, 2.24) is 0 Å². The van der Waals surface area contributed by atoms with E-state index in [0.717, 1.165) is 35.2 Å². The van der Waals surface area contributed by atoms with Gasteiger partial charge in [-0.25, -0.2) is 0 Å². The summed E-state index contributed by atoms with van der Waals surface area (Å²) in [5.74, 6) is 4.30. The molecule has 0 N–H and O–H groups in total. The van der Waals surface area contributed by atoms with E-state index in [9.17, 15) is 25.2 Å². The first kappa shape index (κ1) is 41.9. The molecule has 43 heavy (non-hydrogen) atoms. The monoisotopic (exact) mass is 686 g/mol. The van der Waals surface area contributed by atoms with Gasteiger partial charge in [0, 0.05) is 0 Å². The smallest absolute Gasteiger partial charge is 0.0465 e. The quantitative estimate of drug-likeness (QED) is 0.101. The van der Waals surface area contributed by atoms with E-state index in [1.165, 1.54) is 25.7 Å². The first-order valence-electron chi connectivity index (χ1n) is 13.6. The second-order valence-electron chi connectivity index (χ2n) is 10.9. The Kier molecular flexibility index (Phi) is 17.7. The standard InChI is InChI=1S/C22H29P.C8H9.2CO.F6P.Fe/c1-17(2)21-15-14-18(3)16-22(21)23(19-10-6-4-7-11-19)20-12-8-5-9-13-20;1-2-4-7-6-8(7)5-3-1;2*1-2;1-7(2,3,4,5)6;/h4-13,17-18,21-22H,14-16H2,1-3H3;1-5,7-8H,6H2;;;;/q;;;;-1;+2/t18-,21+,22+;7-,8+;;;;/m1...../s1. The van der Waals surface area contributed by atoms with E-state index in [2.05, 4.69) is 127 Å². The Morgan fingerprint density at radius 2 is 1.09 bits per heavy atom. The molecule has 237 valence electrons. The van der Waals surface area contributed by atoms with Crippen molar-refractivity contribution in [3.63, 3.8) is 0 Å². The zero-order valence-corrected chi connectivity index (χ0v) is 27.2. The molecule has 3 aliphatic carbocycles. The normalized spacial score (nSPS) is 25.6. The molecule has 2 aromatic carbocycles. The van der Waals surface area contributed by atoms with Crippen LogP contribution in [-0.2, 0) is 26.4 Å². The first-order valence-corrected chi connectivity index (χ1v) is 17.1. The van der Waals surface area contributed by atoms with Crippen LogP contribution in [0.1, 0.15) is 46.5 Å². The van der Waals surface area contributed by atoms with Crippen LogP contribution in [0.4, 0.5) is 25.2 Å². The fourth-order valence-electron chi connectivity index (χ4n) is 5.31. The summed E-state index contributed by atoms with van der Waals surface area (Å²) in [6.45, 7) is 16.3. The molecule has 2 nitrogen and oxygen atoms in total. The summed E-state index contributed by atoms with van der Waals surface area (Å²) in [4.78, 5) is 0. The average molecular weight is 686 g/mol. The predicted molar refractivity (Wildman–Crippen MR) is 159 cm³/mol. The zero-order chi connectivity index (χ0) is 32.0. The Hall–Kier alpha value is -1.12. The van der Waals surface area contributed by atoms with Crippen LogP contribution < -0.4 is 10.6 Å². The number of hydrogen-bond acceptors (Lipinski definition) is 0. The Morgan fingerprint density at radius 1 is 0.698 bits per heavy atom. The molecule has 0 spiro atoms. The first-order chi connectivity index (χ1) is 19.6. The predicted octanol–water partition coefficient (Wildman–Crippen LogP) is 10.5. The van der Waals surface area contributed by atoms with Crippen LogP contribution in [-0.4, -0.2) is 5.66 Å². The van der Waals surface area contributed by atoms with Gasteiger partial charge in [0.1, 0.15) is 0 Å². The van der Waals surface area contributed by atoms with Crippen molar-refractivity contribution < 1.29 is 51.6 Å². The molecule has 0 aliphatic heterocycles. The fourth-order valence-corrected chi connectivity index (χ4v) is 8.81. The summed E-state index contributed by atoms with van der Waals surface area (Å²) < 4.78 is 74.2. The van der Waals surface area contributed by atoms with Crippen LogP contribution in [0.2, 0.25) is 0 Å². The molecule has 0 saturated heterocycles. The molecule has 5 radical (unpaired) electrons. The van der Waals surface area contributed by atoms with Crippen LogP contribution >= 0.6 is 15.7 Å². The molecule has 3 aliphatic rings. The Bertz CT molecular complexity index is 1020. The number of halogens is 6. The maximum absolute atomic E-state index is 10.7. The van der Waals surface area contributed by atoms with E-state index in [1.54, 1.807) is 10.6 Å². The van der Waals surface area contributed by atoms with Crippen molar-refractivity contribution in [1.29, 1.82) is 0 Å². The SMILES string of the molecule is CC(C)[C@@H]1CC[C@@H](C)C[C@@H]1P(c1ccccc1)c1ccccc1.F[P-](F)(F)(F)(F)F.[C-]#[O+].[C-]#[O+].[CH]1[CH][CH][C@@H]2C[C@@H]2[CH][CH]1.[Fe+2]. The third-order valence-corrected chi connectivity index (χ3v) is 10.2. The van der Waals surface area contributed by atoms with Gasteiger partial charge in [-0.05, 0) is 105 Å². The Balaban J connectivity index is 0.000000723. The Labute approximate surface area is 265 Å². The van der Waals surface area contributed by atoms with Crippen molar-refractivity contribution in [2.45, 2.75) is 52.1 Å². The second-order valence-corrected chi connectivity index (χ2v) is 15.3. The number of benzene rings is 2. The molecule has 2 aromatic rings. The van der Waals surface area contributed by atoms with Crippen molar-refractivity contribution in [2.24, 2.45) is 29.6 Å². The van der Waals surface area contributed by atoms with E-state index in [4.69, 9.17) is 9.30 Å². The third-order valence-electron chi connectivity index (χ3n) is 7.22. The molecule has 0 aromatic heterocycles. The molecule has 3 saturated carbocycles. The number of rotatable bonds is 4. The zero-order valence-electron chi connectivity index (χ0n) is 24.3. The van der Waals surface area contributed by atoms with Crippen molar-refractivity contribution in [3.05, 3.63) is 106 Å². The molecular weight excluding hydrogens is 648 g/mol. The molecule has 5 rings (SSSR count). The van der Waals surface area contributed by atoms with Crippen LogP contribution in [0.15, 0.2) is 60.7 Å². The van der Waals surface area contributed by atoms with Crippen molar-refractivity contribution >= 4 is 26.3 Å². The van der Waals surface area contributed by atoms with Gasteiger partial charge in [0.2, 0.25) is 0 Å². The van der Waals surface area contributed by atoms with Crippen LogP contribution in [0.3, 0.4) is 0 Å². The largest absolute Gasteiger partial charge is 2.00 e. The van der Waals surface area contributed by atoms with Crippen LogP contribution in [0.5, 0.6) is 0 Å². The summed E-state index contributed by atoms with van der Waals surface area (Å²) in [6, 6.07) is 22.6. The molecule has 0 unspecified atom stereocenters. The van der Waals surface area contributed by atoms with E-state index in [1.807, 2.05) is 0 Å². The van der Waals surface area contributed by atoms with Gasteiger partial charge in [-0.2, -0.15) is 0 Å². The fraction of sp³-hybridized carbons (Fsp3) is 0.406. The van der Waals surface area contributed by atoms with Gasteiger partial charge in [-0.3, -0.25) is 0 Å². The molecule has 0 bridgehead atoms. The minimum atomic E-state index is -10.7. The molecular formula is C32H38F6FeO2P2+. The van der Waals surface area contributed by atoms with Gasteiger partial charge in [-0.15, -0.1) is 0 Å². The molecule has 5 atom stereocenters. The van der Waals surface area contributed by atoms with Gasteiger partial charge < -0.3 is 0 Å². The van der Waals surface area contributed by atoms with Gasteiger partial charge in [0.15, 0.2) is 0 Å². The molecule has 0 heterocycles. The third kappa shape index (κ3) is 18.4. The maximum atomic E-state index is 9.87. The van der Waals surface area contributed by atoms with E-state index in [-0.39, 0.29) is 25.0 Å². The van der Waals surface area contributed by atoms with Gasteiger partial charge in [-0.1, -0.05) is 87.9 Å². The number of hydrogen-bond donors (Lipinski definition) is 0. The Morgan fingerprint density at radius 3 is 1.47 bits per heavy atom. The van der Waals surface area contributed by atoms with E-state index < -0.39 is 7.81 Å². The minimum absolute atomic E-state index is 0. The average Bonchev–Trinajstić information content (AvgIpc) is 3.71. The summed E-state index contributed by atoms with van der Waals surface area (Å²) >= 11 is 0. The van der Waals surface area contributed by atoms with Gasteiger partial charge >= 0.3 is 72.7 Å². The minimum Gasteiger partial charge on any atom is -0.0465 e. The van der Waals surface area contributed by atoms with Crippen molar-refractivity contribution in [2.75, 3.05) is 0 Å². The summed E-state index contributed by atoms with van der Waals surface area (Å²) in [5.41, 5.74) is 0.818. The second kappa shape index (κ2) is 18.1.